The average Bonchev–Trinajstić information content (AvgIpc) is 3.94. The molecule has 0 bridgehead atoms. The van der Waals surface area contributed by atoms with Crippen molar-refractivity contribution in [1.82, 2.24) is 9.13 Å². The van der Waals surface area contributed by atoms with E-state index >= 15 is 0 Å². The van der Waals surface area contributed by atoms with Crippen LogP contribution in [0.5, 0.6) is 0 Å². The molecule has 0 N–H and O–H groups in total. The molecule has 242 valence electrons. The fourth-order valence-corrected chi connectivity index (χ4v) is 8.59. The summed E-state index contributed by atoms with van der Waals surface area (Å²) >= 11 is 0. The average molecular weight is 665 g/mol. The summed E-state index contributed by atoms with van der Waals surface area (Å²) in [6, 6.07) is 60.6. The number of para-hydroxylation sites is 4. The Morgan fingerprint density at radius 2 is 0.846 bits per heavy atom. The first-order chi connectivity index (χ1) is 25.8. The Hall–Kier alpha value is -7.04. The predicted octanol–water partition coefficient (Wildman–Crippen LogP) is 13.3. The molecule has 0 radical (unpaired) electrons. The van der Waals surface area contributed by atoms with E-state index in [-0.39, 0.29) is 0 Å². The first-order valence-electron chi connectivity index (χ1n) is 17.7. The standard InChI is InChI=1S/C48H28N2O2/c1-3-11-31(12-4-1)49-41-23-20-30(26-39(41)47-42(49)24-21-35-33-15-7-10-18-45(33)52-48(35)47)29-19-22-40-36(25-29)37-28-46-38(34-16-8-9-17-44(34)51-46)27-43(37)50(40)32-13-5-2-6-14-32/h1-28H. The molecular formula is C48H28N2O2. The molecular weight excluding hydrogens is 637 g/mol. The maximum atomic E-state index is 6.65. The van der Waals surface area contributed by atoms with E-state index in [1.165, 1.54) is 5.39 Å². The van der Waals surface area contributed by atoms with Crippen LogP contribution in [0.4, 0.5) is 0 Å². The van der Waals surface area contributed by atoms with Crippen LogP contribution < -0.4 is 0 Å². The van der Waals surface area contributed by atoms with Gasteiger partial charge in [-0.05, 0) is 96.1 Å². The molecule has 4 nitrogen and oxygen atoms in total. The zero-order valence-corrected chi connectivity index (χ0v) is 27.9. The van der Waals surface area contributed by atoms with E-state index in [1.54, 1.807) is 0 Å². The number of furan rings is 2. The van der Waals surface area contributed by atoms with Crippen molar-refractivity contribution in [2.45, 2.75) is 0 Å². The number of hydrogen-bond acceptors (Lipinski definition) is 2. The van der Waals surface area contributed by atoms with Gasteiger partial charge in [0.25, 0.3) is 0 Å². The highest BCUT2D eigenvalue weighted by Gasteiger charge is 2.21. The molecule has 0 aliphatic carbocycles. The van der Waals surface area contributed by atoms with Crippen molar-refractivity contribution >= 4 is 87.5 Å². The van der Waals surface area contributed by atoms with Crippen molar-refractivity contribution in [3.05, 3.63) is 170 Å². The minimum absolute atomic E-state index is 0.899. The quantitative estimate of drug-likeness (QED) is 0.188. The smallest absolute Gasteiger partial charge is 0.145 e. The van der Waals surface area contributed by atoms with Gasteiger partial charge >= 0.3 is 0 Å². The molecule has 0 aliphatic rings. The zero-order valence-electron chi connectivity index (χ0n) is 27.9. The molecule has 4 heterocycles. The van der Waals surface area contributed by atoms with E-state index in [1.807, 2.05) is 18.2 Å². The second-order valence-electron chi connectivity index (χ2n) is 13.7. The SMILES string of the molecule is c1ccc(-n2c3ccc(-c4ccc5c(c4)c4c6oc7ccccc7c6ccc4n5-c4ccccc4)cc3c3cc4oc5ccccc5c4cc32)cc1. The molecule has 0 spiro atoms. The fourth-order valence-electron chi connectivity index (χ4n) is 8.59. The summed E-state index contributed by atoms with van der Waals surface area (Å²) in [5.41, 5.74) is 12.8. The number of hydrogen-bond donors (Lipinski definition) is 0. The van der Waals surface area contributed by atoms with Crippen molar-refractivity contribution in [3.8, 4) is 22.5 Å². The summed E-state index contributed by atoms with van der Waals surface area (Å²) in [5.74, 6) is 0. The lowest BCUT2D eigenvalue weighted by molar-refractivity contribution is 0.669. The van der Waals surface area contributed by atoms with Crippen LogP contribution in [0.1, 0.15) is 0 Å². The summed E-state index contributed by atoms with van der Waals surface area (Å²) < 4.78 is 17.8. The summed E-state index contributed by atoms with van der Waals surface area (Å²) in [6.07, 6.45) is 0. The Balaban J connectivity index is 1.14. The molecule has 0 saturated heterocycles. The van der Waals surface area contributed by atoms with Gasteiger partial charge in [-0.2, -0.15) is 0 Å². The van der Waals surface area contributed by atoms with E-state index in [9.17, 15) is 0 Å². The van der Waals surface area contributed by atoms with Gasteiger partial charge in [-0.25, -0.2) is 0 Å². The fraction of sp³-hybridized carbons (Fsp3) is 0. The molecule has 0 unspecified atom stereocenters. The van der Waals surface area contributed by atoms with Crippen LogP contribution in [-0.4, -0.2) is 9.13 Å². The van der Waals surface area contributed by atoms with Crippen molar-refractivity contribution < 1.29 is 8.83 Å². The Morgan fingerprint density at radius 1 is 0.308 bits per heavy atom. The van der Waals surface area contributed by atoms with Gasteiger partial charge in [-0.3, -0.25) is 0 Å². The van der Waals surface area contributed by atoms with Gasteiger partial charge in [-0.15, -0.1) is 0 Å². The van der Waals surface area contributed by atoms with Crippen molar-refractivity contribution in [3.63, 3.8) is 0 Å². The third-order valence-electron chi connectivity index (χ3n) is 10.9. The second-order valence-corrected chi connectivity index (χ2v) is 13.7. The highest BCUT2D eigenvalue weighted by molar-refractivity contribution is 6.24. The molecule has 0 fully saturated rings. The van der Waals surface area contributed by atoms with Crippen molar-refractivity contribution in [1.29, 1.82) is 0 Å². The first kappa shape index (κ1) is 27.7. The van der Waals surface area contributed by atoms with Gasteiger partial charge in [-0.1, -0.05) is 84.9 Å². The van der Waals surface area contributed by atoms with Crippen LogP contribution in [0, 0.1) is 0 Å². The van der Waals surface area contributed by atoms with Gasteiger partial charge in [0.1, 0.15) is 22.3 Å². The molecule has 12 rings (SSSR count). The number of aromatic nitrogens is 2. The first-order valence-corrected chi connectivity index (χ1v) is 17.7. The molecule has 8 aromatic carbocycles. The van der Waals surface area contributed by atoms with Crippen LogP contribution in [0.3, 0.4) is 0 Å². The monoisotopic (exact) mass is 664 g/mol. The van der Waals surface area contributed by atoms with Crippen LogP contribution in [0.2, 0.25) is 0 Å². The molecule has 0 aliphatic heterocycles. The molecule has 4 aromatic heterocycles. The lowest BCUT2D eigenvalue weighted by atomic mass is 10.00. The number of rotatable bonds is 3. The summed E-state index contributed by atoms with van der Waals surface area (Å²) in [4.78, 5) is 0. The molecule has 4 heteroatoms. The van der Waals surface area contributed by atoms with E-state index in [0.29, 0.717) is 0 Å². The third-order valence-corrected chi connectivity index (χ3v) is 10.9. The zero-order chi connectivity index (χ0) is 33.9. The number of benzene rings is 8. The van der Waals surface area contributed by atoms with Crippen LogP contribution in [0.15, 0.2) is 179 Å². The molecule has 0 atom stereocenters. The summed E-state index contributed by atoms with van der Waals surface area (Å²) in [5, 5.41) is 9.16. The number of nitrogens with zero attached hydrogens (tertiary/aromatic N) is 2. The maximum Gasteiger partial charge on any atom is 0.145 e. The highest BCUT2D eigenvalue weighted by Crippen LogP contribution is 2.43. The van der Waals surface area contributed by atoms with Gasteiger partial charge in [0.15, 0.2) is 0 Å². The maximum absolute atomic E-state index is 6.65. The van der Waals surface area contributed by atoms with Crippen LogP contribution in [0.25, 0.3) is 110 Å². The van der Waals surface area contributed by atoms with E-state index < -0.39 is 0 Å². The molecule has 0 saturated carbocycles. The minimum Gasteiger partial charge on any atom is -0.456 e. The van der Waals surface area contributed by atoms with Gasteiger partial charge in [0.2, 0.25) is 0 Å². The lowest BCUT2D eigenvalue weighted by Crippen LogP contribution is -1.93. The normalized spacial score (nSPS) is 12.2. The summed E-state index contributed by atoms with van der Waals surface area (Å²) in [7, 11) is 0. The topological polar surface area (TPSA) is 36.1 Å². The van der Waals surface area contributed by atoms with E-state index in [0.717, 1.165) is 105 Å². The highest BCUT2D eigenvalue weighted by atomic mass is 16.3. The van der Waals surface area contributed by atoms with E-state index in [2.05, 4.69) is 161 Å². The van der Waals surface area contributed by atoms with Crippen LogP contribution in [-0.2, 0) is 0 Å². The number of fused-ring (bicyclic) bond motifs is 13. The Kier molecular flexibility index (Phi) is 5.47. The Bertz CT molecular complexity index is 3400. The minimum atomic E-state index is 0.899. The van der Waals surface area contributed by atoms with Gasteiger partial charge < -0.3 is 18.0 Å². The second kappa shape index (κ2) is 10.3. The largest absolute Gasteiger partial charge is 0.456 e. The molecule has 0 amide bonds. The molecule has 12 aromatic rings. The summed E-state index contributed by atoms with van der Waals surface area (Å²) in [6.45, 7) is 0. The van der Waals surface area contributed by atoms with Crippen molar-refractivity contribution in [2.75, 3.05) is 0 Å². The Labute approximate surface area is 296 Å². The molecule has 52 heavy (non-hydrogen) atoms. The predicted molar refractivity (Wildman–Crippen MR) is 215 cm³/mol. The van der Waals surface area contributed by atoms with Gasteiger partial charge in [0, 0.05) is 49.1 Å². The third kappa shape index (κ3) is 3.75. The lowest BCUT2D eigenvalue weighted by Gasteiger charge is -2.09. The van der Waals surface area contributed by atoms with Gasteiger partial charge in [0.05, 0.1) is 27.5 Å². The van der Waals surface area contributed by atoms with Crippen LogP contribution >= 0.6 is 0 Å². The Morgan fingerprint density at radius 3 is 1.56 bits per heavy atom. The van der Waals surface area contributed by atoms with E-state index in [4.69, 9.17) is 8.83 Å². The van der Waals surface area contributed by atoms with Crippen molar-refractivity contribution in [2.24, 2.45) is 0 Å².